The number of fused-ring (bicyclic) bond motifs is 1. The molecule has 0 saturated carbocycles. The van der Waals surface area contributed by atoms with Crippen LogP contribution in [0.25, 0.3) is 10.8 Å². The van der Waals surface area contributed by atoms with Crippen LogP contribution in [0, 0.1) is 0 Å². The summed E-state index contributed by atoms with van der Waals surface area (Å²) < 4.78 is 27.5. The zero-order valence-corrected chi connectivity index (χ0v) is 25.6. The summed E-state index contributed by atoms with van der Waals surface area (Å²) in [6.07, 6.45) is 2.07. The van der Waals surface area contributed by atoms with Crippen LogP contribution < -0.4 is 9.62 Å². The summed E-state index contributed by atoms with van der Waals surface area (Å²) in [5.74, 6) is -0.796. The summed E-state index contributed by atoms with van der Waals surface area (Å²) in [4.78, 5) is 29.5. The van der Waals surface area contributed by atoms with E-state index in [1.54, 1.807) is 36.4 Å². The molecule has 0 aliphatic rings. The number of nitrogens with zero attached hydrogens (tertiary/aromatic N) is 2. The smallest absolute Gasteiger partial charge is 0.244 e. The Labute approximate surface area is 253 Å². The van der Waals surface area contributed by atoms with Gasteiger partial charge in [0.05, 0.1) is 11.9 Å². The fourth-order valence-corrected chi connectivity index (χ4v) is 5.79. The summed E-state index contributed by atoms with van der Waals surface area (Å²) in [6, 6.07) is 28.3. The highest BCUT2D eigenvalue weighted by Gasteiger charge is 2.33. The van der Waals surface area contributed by atoms with Crippen LogP contribution in [0.4, 0.5) is 5.69 Å². The molecule has 0 aromatic heterocycles. The molecular formula is C33H36ClN3O4S. The lowest BCUT2D eigenvalue weighted by Crippen LogP contribution is -2.54. The predicted octanol–water partition coefficient (Wildman–Crippen LogP) is 5.81. The minimum atomic E-state index is -3.88. The van der Waals surface area contributed by atoms with E-state index in [4.69, 9.17) is 11.6 Å². The Bertz CT molecular complexity index is 1620. The molecule has 2 atom stereocenters. The quantitative estimate of drug-likeness (QED) is 0.221. The van der Waals surface area contributed by atoms with E-state index in [0.29, 0.717) is 16.1 Å². The van der Waals surface area contributed by atoms with E-state index in [1.165, 1.54) is 4.90 Å². The van der Waals surface area contributed by atoms with Crippen molar-refractivity contribution in [1.82, 2.24) is 10.2 Å². The molecule has 0 fully saturated rings. The molecule has 0 heterocycles. The molecule has 0 bridgehead atoms. The van der Waals surface area contributed by atoms with Gasteiger partial charge in [-0.05, 0) is 48.1 Å². The van der Waals surface area contributed by atoms with Crippen LogP contribution in [0.5, 0.6) is 0 Å². The standard InChI is InChI=1S/C33H36ClN3O4S/c1-4-24(2)35-33(39)31(21-25-11-6-5-7-12-25)36(22-26-17-19-28(34)20-18-26)32(38)23-37(42(3,40)41)30-16-10-14-27-13-8-9-15-29(27)30/h5-20,24,31H,4,21-23H2,1-3H3,(H,35,39)/t24-,31-/m0/s1. The number of benzene rings is 4. The molecule has 0 radical (unpaired) electrons. The average Bonchev–Trinajstić information content (AvgIpc) is 2.98. The van der Waals surface area contributed by atoms with E-state index in [2.05, 4.69) is 5.32 Å². The van der Waals surface area contributed by atoms with Crippen LogP contribution in [-0.4, -0.2) is 50.0 Å². The van der Waals surface area contributed by atoms with E-state index in [9.17, 15) is 18.0 Å². The molecule has 1 N–H and O–H groups in total. The third-order valence-corrected chi connectivity index (χ3v) is 8.63. The minimum Gasteiger partial charge on any atom is -0.352 e. The Morgan fingerprint density at radius 3 is 2.17 bits per heavy atom. The number of carbonyl (C=O) groups excluding carboxylic acids is 2. The zero-order chi connectivity index (χ0) is 30.3. The molecule has 2 amide bonds. The summed E-state index contributed by atoms with van der Waals surface area (Å²) in [5.41, 5.74) is 2.04. The number of halogens is 1. The van der Waals surface area contributed by atoms with Gasteiger partial charge in [-0.25, -0.2) is 8.42 Å². The molecule has 7 nitrogen and oxygen atoms in total. The molecule has 4 aromatic rings. The molecule has 0 aliphatic carbocycles. The maximum atomic E-state index is 14.3. The van der Waals surface area contributed by atoms with Gasteiger partial charge < -0.3 is 10.2 Å². The predicted molar refractivity (Wildman–Crippen MR) is 170 cm³/mol. The van der Waals surface area contributed by atoms with Crippen molar-refractivity contribution in [2.45, 2.75) is 45.3 Å². The van der Waals surface area contributed by atoms with Crippen LogP contribution in [0.3, 0.4) is 0 Å². The first-order chi connectivity index (χ1) is 20.1. The van der Waals surface area contributed by atoms with Gasteiger partial charge in [0.1, 0.15) is 12.6 Å². The van der Waals surface area contributed by atoms with Crippen LogP contribution >= 0.6 is 11.6 Å². The van der Waals surface area contributed by atoms with E-state index in [-0.39, 0.29) is 24.9 Å². The largest absolute Gasteiger partial charge is 0.352 e. The van der Waals surface area contributed by atoms with Crippen LogP contribution in [-0.2, 0) is 32.6 Å². The molecule has 4 aromatic carbocycles. The van der Waals surface area contributed by atoms with Gasteiger partial charge in [-0.1, -0.05) is 97.4 Å². The van der Waals surface area contributed by atoms with Crippen LogP contribution in [0.2, 0.25) is 5.02 Å². The second-order valence-corrected chi connectivity index (χ2v) is 12.8. The minimum absolute atomic E-state index is 0.0918. The second-order valence-electron chi connectivity index (χ2n) is 10.4. The van der Waals surface area contributed by atoms with Crippen molar-refractivity contribution >= 4 is 49.9 Å². The highest BCUT2D eigenvalue weighted by Crippen LogP contribution is 2.29. The molecule has 9 heteroatoms. The maximum Gasteiger partial charge on any atom is 0.244 e. The number of anilines is 1. The van der Waals surface area contributed by atoms with Crippen molar-refractivity contribution in [2.75, 3.05) is 17.1 Å². The molecule has 0 aliphatic heterocycles. The summed E-state index contributed by atoms with van der Waals surface area (Å²) in [7, 11) is -3.88. The number of hydrogen-bond acceptors (Lipinski definition) is 4. The Morgan fingerprint density at radius 1 is 0.857 bits per heavy atom. The number of hydrogen-bond donors (Lipinski definition) is 1. The fraction of sp³-hybridized carbons (Fsp3) is 0.273. The first-order valence-electron chi connectivity index (χ1n) is 13.9. The van der Waals surface area contributed by atoms with Crippen molar-refractivity contribution < 1.29 is 18.0 Å². The third kappa shape index (κ3) is 7.89. The van der Waals surface area contributed by atoms with Crippen LogP contribution in [0.1, 0.15) is 31.4 Å². The van der Waals surface area contributed by atoms with Crippen molar-refractivity contribution in [3.8, 4) is 0 Å². The van der Waals surface area contributed by atoms with Crippen molar-refractivity contribution in [1.29, 1.82) is 0 Å². The van der Waals surface area contributed by atoms with Gasteiger partial charge in [-0.15, -0.1) is 0 Å². The third-order valence-electron chi connectivity index (χ3n) is 7.25. The van der Waals surface area contributed by atoms with Gasteiger partial charge in [0.25, 0.3) is 0 Å². The van der Waals surface area contributed by atoms with Crippen molar-refractivity contribution in [3.63, 3.8) is 0 Å². The monoisotopic (exact) mass is 605 g/mol. The van der Waals surface area contributed by atoms with E-state index < -0.39 is 28.5 Å². The highest BCUT2D eigenvalue weighted by atomic mass is 35.5. The normalized spacial score (nSPS) is 12.9. The number of rotatable bonds is 12. The lowest BCUT2D eigenvalue weighted by atomic mass is 10.0. The number of amides is 2. The summed E-state index contributed by atoms with van der Waals surface area (Å²) in [6.45, 7) is 3.51. The van der Waals surface area contributed by atoms with Gasteiger partial charge in [-0.3, -0.25) is 13.9 Å². The number of sulfonamides is 1. The maximum absolute atomic E-state index is 14.3. The molecule has 0 saturated heterocycles. The Kier molecular flexibility index (Phi) is 10.2. The van der Waals surface area contributed by atoms with Gasteiger partial charge in [-0.2, -0.15) is 0 Å². The summed E-state index contributed by atoms with van der Waals surface area (Å²) >= 11 is 6.12. The fourth-order valence-electron chi connectivity index (χ4n) is 4.80. The lowest BCUT2D eigenvalue weighted by Gasteiger charge is -2.34. The molecule has 4 rings (SSSR count). The molecular weight excluding hydrogens is 570 g/mol. The van der Waals surface area contributed by atoms with E-state index >= 15 is 0 Å². The van der Waals surface area contributed by atoms with Gasteiger partial charge in [0.2, 0.25) is 21.8 Å². The van der Waals surface area contributed by atoms with Gasteiger partial charge in [0, 0.05) is 29.4 Å². The molecule has 0 spiro atoms. The van der Waals surface area contributed by atoms with E-state index in [1.807, 2.05) is 74.5 Å². The summed E-state index contributed by atoms with van der Waals surface area (Å²) in [5, 5.41) is 5.14. The first kappa shape index (κ1) is 31.1. The number of nitrogens with one attached hydrogen (secondary N) is 1. The lowest BCUT2D eigenvalue weighted by molar-refractivity contribution is -0.140. The average molecular weight is 606 g/mol. The van der Waals surface area contributed by atoms with Crippen molar-refractivity contribution in [2.24, 2.45) is 0 Å². The number of carbonyl (C=O) groups is 2. The molecule has 42 heavy (non-hydrogen) atoms. The zero-order valence-electron chi connectivity index (χ0n) is 24.0. The Morgan fingerprint density at radius 2 is 1.50 bits per heavy atom. The van der Waals surface area contributed by atoms with E-state index in [0.717, 1.165) is 33.5 Å². The first-order valence-corrected chi connectivity index (χ1v) is 16.1. The Hall–Kier alpha value is -3.88. The highest BCUT2D eigenvalue weighted by molar-refractivity contribution is 7.92. The van der Waals surface area contributed by atoms with Crippen LogP contribution in [0.15, 0.2) is 97.1 Å². The topological polar surface area (TPSA) is 86.8 Å². The van der Waals surface area contributed by atoms with Gasteiger partial charge in [0.15, 0.2) is 0 Å². The second kappa shape index (κ2) is 13.9. The van der Waals surface area contributed by atoms with Crippen molar-refractivity contribution in [3.05, 3.63) is 113 Å². The Balaban J connectivity index is 1.78. The molecule has 0 unspecified atom stereocenters. The molecule has 220 valence electrons. The SMILES string of the molecule is CC[C@H](C)NC(=O)[C@H](Cc1ccccc1)N(Cc1ccc(Cl)cc1)C(=O)CN(c1cccc2ccccc12)S(C)(=O)=O. The van der Waals surface area contributed by atoms with Gasteiger partial charge >= 0.3 is 0 Å².